The molecule has 0 aliphatic rings. The normalized spacial score (nSPS) is 10.2. The first kappa shape index (κ1) is 15.2. The van der Waals surface area contributed by atoms with Crippen LogP contribution < -0.4 is 10.6 Å². The van der Waals surface area contributed by atoms with Crippen molar-refractivity contribution in [1.82, 2.24) is 5.32 Å². The molecule has 1 heterocycles. The Bertz CT molecular complexity index is 641. The van der Waals surface area contributed by atoms with Gasteiger partial charge >= 0.3 is 11.8 Å². The summed E-state index contributed by atoms with van der Waals surface area (Å²) in [6.07, 6.45) is 0.668. The van der Waals surface area contributed by atoms with E-state index in [4.69, 9.17) is 0 Å². The van der Waals surface area contributed by atoms with Gasteiger partial charge in [-0.15, -0.1) is 0 Å². The lowest BCUT2D eigenvalue weighted by Gasteiger charge is -2.07. The molecule has 0 spiro atoms. The fourth-order valence-corrected chi connectivity index (χ4v) is 2.40. The molecule has 4 nitrogen and oxygen atoms in total. The van der Waals surface area contributed by atoms with Gasteiger partial charge in [0.05, 0.1) is 0 Å². The first-order chi connectivity index (χ1) is 10.1. The summed E-state index contributed by atoms with van der Waals surface area (Å²) in [4.78, 5) is 23.3. The first-order valence-electron chi connectivity index (χ1n) is 6.42. The van der Waals surface area contributed by atoms with Crippen LogP contribution in [-0.2, 0) is 16.0 Å². The minimum Gasteiger partial charge on any atom is -0.347 e. The van der Waals surface area contributed by atoms with Crippen LogP contribution in [0.1, 0.15) is 11.1 Å². The number of benzene rings is 1. The van der Waals surface area contributed by atoms with Crippen LogP contribution in [0.25, 0.3) is 0 Å². The molecule has 2 rings (SSSR count). The standard InChI is InChI=1S/C15H15FN2O2S/c1-10-2-3-12(8-13(10)16)18-15(20)14(19)17-6-4-11-5-7-21-9-11/h2-3,5,7-9H,4,6H2,1H3,(H,17,19)(H,18,20). The van der Waals surface area contributed by atoms with Crippen LogP contribution in [0.2, 0.25) is 0 Å². The third-order valence-corrected chi connectivity index (χ3v) is 3.65. The Morgan fingerprint density at radius 1 is 1.24 bits per heavy atom. The first-order valence-corrected chi connectivity index (χ1v) is 7.37. The summed E-state index contributed by atoms with van der Waals surface area (Å²) in [5.74, 6) is -1.96. The molecule has 0 saturated carbocycles. The van der Waals surface area contributed by atoms with Crippen molar-refractivity contribution in [3.05, 3.63) is 52.0 Å². The van der Waals surface area contributed by atoms with Crippen LogP contribution in [0.15, 0.2) is 35.0 Å². The number of rotatable bonds is 4. The van der Waals surface area contributed by atoms with Gasteiger partial charge < -0.3 is 10.6 Å². The van der Waals surface area contributed by atoms with E-state index in [0.717, 1.165) is 5.56 Å². The highest BCUT2D eigenvalue weighted by Crippen LogP contribution is 2.13. The fraction of sp³-hybridized carbons (Fsp3) is 0.200. The molecule has 2 N–H and O–H groups in total. The smallest absolute Gasteiger partial charge is 0.313 e. The average Bonchev–Trinajstić information content (AvgIpc) is 2.96. The summed E-state index contributed by atoms with van der Waals surface area (Å²) in [6.45, 7) is 2.00. The Balaban J connectivity index is 1.81. The number of hydrogen-bond acceptors (Lipinski definition) is 3. The van der Waals surface area contributed by atoms with Gasteiger partial charge in [-0.2, -0.15) is 11.3 Å². The van der Waals surface area contributed by atoms with E-state index in [0.29, 0.717) is 18.5 Å². The third-order valence-electron chi connectivity index (χ3n) is 2.92. The molecule has 110 valence electrons. The largest absolute Gasteiger partial charge is 0.347 e. The summed E-state index contributed by atoms with van der Waals surface area (Å²) >= 11 is 1.58. The molecule has 0 unspecified atom stereocenters. The number of carbonyl (C=O) groups excluding carboxylic acids is 2. The van der Waals surface area contributed by atoms with Gasteiger partial charge in [-0.1, -0.05) is 6.07 Å². The van der Waals surface area contributed by atoms with E-state index in [9.17, 15) is 14.0 Å². The highest BCUT2D eigenvalue weighted by atomic mass is 32.1. The van der Waals surface area contributed by atoms with E-state index in [1.54, 1.807) is 30.4 Å². The number of hydrogen-bond donors (Lipinski definition) is 2. The summed E-state index contributed by atoms with van der Waals surface area (Å²) < 4.78 is 13.3. The number of nitrogens with one attached hydrogen (secondary N) is 2. The van der Waals surface area contributed by atoms with Gasteiger partial charge in [-0.3, -0.25) is 9.59 Å². The maximum atomic E-state index is 13.3. The topological polar surface area (TPSA) is 58.2 Å². The summed E-state index contributed by atoms with van der Waals surface area (Å²) in [6, 6.07) is 6.24. The van der Waals surface area contributed by atoms with Crippen molar-refractivity contribution in [3.8, 4) is 0 Å². The third kappa shape index (κ3) is 4.39. The number of aryl methyl sites for hydroxylation is 1. The maximum absolute atomic E-state index is 13.3. The van der Waals surface area contributed by atoms with Crippen LogP contribution in [-0.4, -0.2) is 18.4 Å². The molecule has 0 bridgehead atoms. The SMILES string of the molecule is Cc1ccc(NC(=O)C(=O)NCCc2ccsc2)cc1F. The van der Waals surface area contributed by atoms with Crippen LogP contribution in [0.3, 0.4) is 0 Å². The molecular formula is C15H15FN2O2S. The number of thiophene rings is 1. The molecule has 0 aliphatic carbocycles. The van der Waals surface area contributed by atoms with Crippen molar-refractivity contribution in [1.29, 1.82) is 0 Å². The molecule has 21 heavy (non-hydrogen) atoms. The predicted molar refractivity (Wildman–Crippen MR) is 80.8 cm³/mol. The predicted octanol–water partition coefficient (Wildman–Crippen LogP) is 2.49. The van der Waals surface area contributed by atoms with Crippen molar-refractivity contribution >= 4 is 28.8 Å². The minimum absolute atomic E-state index is 0.260. The van der Waals surface area contributed by atoms with E-state index in [1.807, 2.05) is 16.8 Å². The van der Waals surface area contributed by atoms with Crippen molar-refractivity contribution in [2.24, 2.45) is 0 Å². The van der Waals surface area contributed by atoms with E-state index in [-0.39, 0.29) is 5.69 Å². The average molecular weight is 306 g/mol. The lowest BCUT2D eigenvalue weighted by atomic mass is 10.2. The van der Waals surface area contributed by atoms with Gasteiger partial charge in [0.15, 0.2) is 0 Å². The monoisotopic (exact) mass is 306 g/mol. The van der Waals surface area contributed by atoms with E-state index >= 15 is 0 Å². The van der Waals surface area contributed by atoms with Gasteiger partial charge in [0.1, 0.15) is 5.82 Å². The number of carbonyl (C=O) groups is 2. The molecule has 0 aliphatic heterocycles. The minimum atomic E-state index is -0.802. The van der Waals surface area contributed by atoms with Crippen LogP contribution in [0.5, 0.6) is 0 Å². The summed E-state index contributed by atoms with van der Waals surface area (Å²) in [5.41, 5.74) is 1.85. The van der Waals surface area contributed by atoms with Crippen molar-refractivity contribution in [2.45, 2.75) is 13.3 Å². The van der Waals surface area contributed by atoms with Gasteiger partial charge in [-0.05, 0) is 53.4 Å². The number of halogens is 1. The molecule has 0 radical (unpaired) electrons. The molecular weight excluding hydrogens is 291 g/mol. The highest BCUT2D eigenvalue weighted by molar-refractivity contribution is 7.07. The second-order valence-electron chi connectivity index (χ2n) is 4.56. The Morgan fingerprint density at radius 3 is 2.71 bits per heavy atom. The summed E-state index contributed by atoms with van der Waals surface area (Å²) in [7, 11) is 0. The van der Waals surface area contributed by atoms with Crippen LogP contribution in [0, 0.1) is 12.7 Å². The van der Waals surface area contributed by atoms with Crippen molar-refractivity contribution in [2.75, 3.05) is 11.9 Å². The zero-order valence-corrected chi connectivity index (χ0v) is 12.3. The second kappa shape index (κ2) is 6.99. The molecule has 2 aromatic rings. The van der Waals surface area contributed by atoms with E-state index < -0.39 is 17.6 Å². The Hall–Kier alpha value is -2.21. The van der Waals surface area contributed by atoms with Crippen LogP contribution in [0.4, 0.5) is 10.1 Å². The van der Waals surface area contributed by atoms with E-state index in [1.165, 1.54) is 6.07 Å². The van der Waals surface area contributed by atoms with Gasteiger partial charge in [0.25, 0.3) is 0 Å². The number of amides is 2. The van der Waals surface area contributed by atoms with E-state index in [2.05, 4.69) is 10.6 Å². The van der Waals surface area contributed by atoms with Crippen molar-refractivity contribution < 1.29 is 14.0 Å². The zero-order valence-electron chi connectivity index (χ0n) is 11.5. The summed E-state index contributed by atoms with van der Waals surface area (Å²) in [5, 5.41) is 8.83. The Labute approximate surface area is 126 Å². The molecule has 2 amide bonds. The van der Waals surface area contributed by atoms with Gasteiger partial charge in [0.2, 0.25) is 0 Å². The highest BCUT2D eigenvalue weighted by Gasteiger charge is 2.13. The lowest BCUT2D eigenvalue weighted by molar-refractivity contribution is -0.136. The molecule has 1 aromatic carbocycles. The zero-order chi connectivity index (χ0) is 15.2. The maximum Gasteiger partial charge on any atom is 0.313 e. The Morgan fingerprint density at radius 2 is 2.05 bits per heavy atom. The molecule has 0 saturated heterocycles. The number of anilines is 1. The molecule has 0 atom stereocenters. The second-order valence-corrected chi connectivity index (χ2v) is 5.34. The Kier molecular flexibility index (Phi) is 5.05. The van der Waals surface area contributed by atoms with Gasteiger partial charge in [-0.25, -0.2) is 4.39 Å². The fourth-order valence-electron chi connectivity index (χ4n) is 1.69. The quantitative estimate of drug-likeness (QED) is 0.853. The molecule has 1 aromatic heterocycles. The van der Waals surface area contributed by atoms with Crippen LogP contribution >= 0.6 is 11.3 Å². The van der Waals surface area contributed by atoms with Crippen molar-refractivity contribution in [3.63, 3.8) is 0 Å². The molecule has 0 fully saturated rings. The lowest BCUT2D eigenvalue weighted by Crippen LogP contribution is -2.36. The van der Waals surface area contributed by atoms with Gasteiger partial charge in [0, 0.05) is 12.2 Å². The molecule has 6 heteroatoms.